The summed E-state index contributed by atoms with van der Waals surface area (Å²) in [6, 6.07) is 7.27. The van der Waals surface area contributed by atoms with Crippen LogP contribution < -0.4 is 19.8 Å². The molecular formula is C18H16O8. The van der Waals surface area contributed by atoms with Gasteiger partial charge in [0, 0.05) is 11.6 Å². The quantitative estimate of drug-likeness (QED) is 0.528. The maximum atomic E-state index is 13.0. The minimum atomic E-state index is -0.540. The van der Waals surface area contributed by atoms with E-state index in [2.05, 4.69) is 4.89 Å². The molecule has 3 rings (SSSR count). The fourth-order valence-electron chi connectivity index (χ4n) is 2.62. The summed E-state index contributed by atoms with van der Waals surface area (Å²) in [5.74, 6) is -0.374. The number of fused-ring (bicyclic) bond motifs is 1. The summed E-state index contributed by atoms with van der Waals surface area (Å²) in [6.07, 6.45) is 0. The molecule has 0 saturated heterocycles. The second-order valence-corrected chi connectivity index (χ2v) is 5.22. The molecule has 136 valence electrons. The van der Waals surface area contributed by atoms with E-state index in [1.54, 1.807) is 12.1 Å². The number of hydrogen-bond acceptors (Lipinski definition) is 8. The molecule has 26 heavy (non-hydrogen) atoms. The number of phenols is 2. The van der Waals surface area contributed by atoms with Crippen molar-refractivity contribution < 1.29 is 33.9 Å². The average molecular weight is 360 g/mol. The first kappa shape index (κ1) is 17.4. The summed E-state index contributed by atoms with van der Waals surface area (Å²) in [7, 11) is 3.89. The predicted molar refractivity (Wildman–Crippen MR) is 92.0 cm³/mol. The molecule has 0 fully saturated rings. The van der Waals surface area contributed by atoms with Gasteiger partial charge in [-0.15, -0.1) is 0 Å². The van der Waals surface area contributed by atoms with E-state index in [9.17, 15) is 15.0 Å². The molecule has 0 aliphatic heterocycles. The van der Waals surface area contributed by atoms with Gasteiger partial charge in [0.1, 0.15) is 16.7 Å². The van der Waals surface area contributed by atoms with Crippen molar-refractivity contribution in [1.29, 1.82) is 0 Å². The van der Waals surface area contributed by atoms with Crippen LogP contribution in [0.15, 0.2) is 39.5 Å². The van der Waals surface area contributed by atoms with Gasteiger partial charge >= 0.3 is 0 Å². The molecule has 0 aliphatic rings. The highest BCUT2D eigenvalue weighted by atomic mass is 17.2. The number of ether oxygens (including phenoxy) is 2. The van der Waals surface area contributed by atoms with Crippen molar-refractivity contribution in [2.24, 2.45) is 0 Å². The van der Waals surface area contributed by atoms with Crippen molar-refractivity contribution >= 4 is 11.0 Å². The Balaban J connectivity index is 2.41. The van der Waals surface area contributed by atoms with Crippen LogP contribution in [0.3, 0.4) is 0 Å². The Hall–Kier alpha value is -3.39. The van der Waals surface area contributed by atoms with Gasteiger partial charge in [0.05, 0.1) is 21.3 Å². The lowest BCUT2D eigenvalue weighted by Gasteiger charge is -2.14. The lowest BCUT2D eigenvalue weighted by molar-refractivity contribution is -0.178. The van der Waals surface area contributed by atoms with Gasteiger partial charge in [0.2, 0.25) is 22.7 Å². The van der Waals surface area contributed by atoms with Crippen LogP contribution in [-0.4, -0.2) is 31.5 Å². The normalized spacial score (nSPS) is 10.7. The molecule has 1 heterocycles. The zero-order valence-electron chi connectivity index (χ0n) is 14.2. The van der Waals surface area contributed by atoms with Gasteiger partial charge in [-0.25, -0.2) is 0 Å². The Kier molecular flexibility index (Phi) is 4.59. The van der Waals surface area contributed by atoms with Crippen molar-refractivity contribution in [3.63, 3.8) is 0 Å². The first-order valence-electron chi connectivity index (χ1n) is 7.46. The minimum Gasteiger partial charge on any atom is -0.508 e. The lowest BCUT2D eigenvalue weighted by Crippen LogP contribution is -2.10. The molecule has 8 nitrogen and oxygen atoms in total. The van der Waals surface area contributed by atoms with Crippen molar-refractivity contribution in [2.75, 3.05) is 21.3 Å². The number of rotatable bonds is 5. The first-order chi connectivity index (χ1) is 12.5. The number of phenolic OH excluding ortho intramolecular Hbond substituents is 2. The average Bonchev–Trinajstić information content (AvgIpc) is 2.62. The summed E-state index contributed by atoms with van der Waals surface area (Å²) in [5.41, 5.74) is 0.00886. The zero-order chi connectivity index (χ0) is 18.8. The highest BCUT2D eigenvalue weighted by Gasteiger charge is 2.25. The van der Waals surface area contributed by atoms with E-state index < -0.39 is 5.43 Å². The standard InChI is InChI=1S/C18H16O8/c1-22-16-11(20)8-12-13(17(16)26-24-3)14(21)18(23-2)15(25-12)9-4-6-10(19)7-5-9/h4-8,19-20H,1-3H3. The van der Waals surface area contributed by atoms with E-state index >= 15 is 0 Å². The van der Waals surface area contributed by atoms with Crippen LogP contribution >= 0.6 is 0 Å². The van der Waals surface area contributed by atoms with Crippen LogP contribution in [0.2, 0.25) is 0 Å². The maximum absolute atomic E-state index is 13.0. The molecule has 0 saturated carbocycles. The summed E-state index contributed by atoms with van der Waals surface area (Å²) in [6.45, 7) is 0. The number of aromatic hydroxyl groups is 2. The summed E-state index contributed by atoms with van der Waals surface area (Å²) < 4.78 is 16.1. The van der Waals surface area contributed by atoms with Gasteiger partial charge in [-0.1, -0.05) is 0 Å². The summed E-state index contributed by atoms with van der Waals surface area (Å²) in [5, 5.41) is 19.6. The fourth-order valence-corrected chi connectivity index (χ4v) is 2.62. The molecule has 1 aromatic heterocycles. The van der Waals surface area contributed by atoms with Gasteiger partial charge in [0.15, 0.2) is 11.5 Å². The Labute approximate surface area is 147 Å². The predicted octanol–water partition coefficient (Wildman–Crippen LogP) is 2.83. The SMILES string of the molecule is COOc1c(OC)c(O)cc2oc(-c3ccc(O)cc3)c(OC)c(=O)c12. The second-order valence-electron chi connectivity index (χ2n) is 5.22. The summed E-state index contributed by atoms with van der Waals surface area (Å²) in [4.78, 5) is 22.7. The molecule has 8 heteroatoms. The van der Waals surface area contributed by atoms with E-state index in [4.69, 9.17) is 18.8 Å². The van der Waals surface area contributed by atoms with Crippen molar-refractivity contribution in [2.45, 2.75) is 0 Å². The Morgan fingerprint density at radius 3 is 2.15 bits per heavy atom. The maximum Gasteiger partial charge on any atom is 0.239 e. The van der Waals surface area contributed by atoms with E-state index in [1.807, 2.05) is 0 Å². The second kappa shape index (κ2) is 6.85. The van der Waals surface area contributed by atoms with E-state index in [1.165, 1.54) is 39.5 Å². The van der Waals surface area contributed by atoms with Gasteiger partial charge in [-0.3, -0.25) is 4.79 Å². The van der Waals surface area contributed by atoms with E-state index in [0.29, 0.717) is 5.56 Å². The van der Waals surface area contributed by atoms with Crippen LogP contribution in [0.4, 0.5) is 0 Å². The molecule has 0 bridgehead atoms. The molecule has 0 amide bonds. The Morgan fingerprint density at radius 1 is 0.923 bits per heavy atom. The highest BCUT2D eigenvalue weighted by Crippen LogP contribution is 2.44. The molecule has 2 aromatic carbocycles. The molecule has 0 spiro atoms. The minimum absolute atomic E-state index is 0.0131. The largest absolute Gasteiger partial charge is 0.508 e. The van der Waals surface area contributed by atoms with Gasteiger partial charge < -0.3 is 29.0 Å². The van der Waals surface area contributed by atoms with Crippen LogP contribution in [0.5, 0.6) is 28.7 Å². The molecule has 0 aliphatic carbocycles. The number of benzene rings is 2. The van der Waals surface area contributed by atoms with Crippen molar-refractivity contribution in [3.05, 3.63) is 40.6 Å². The zero-order valence-corrected chi connectivity index (χ0v) is 14.2. The van der Waals surface area contributed by atoms with Crippen molar-refractivity contribution in [1.82, 2.24) is 0 Å². The molecular weight excluding hydrogens is 344 g/mol. The number of hydrogen-bond donors (Lipinski definition) is 2. The third kappa shape index (κ3) is 2.76. The molecule has 3 aromatic rings. The fraction of sp³-hybridized carbons (Fsp3) is 0.167. The van der Waals surface area contributed by atoms with Crippen LogP contribution in [0.1, 0.15) is 0 Å². The first-order valence-corrected chi connectivity index (χ1v) is 7.46. The Morgan fingerprint density at radius 2 is 1.58 bits per heavy atom. The van der Waals surface area contributed by atoms with Crippen LogP contribution in [-0.2, 0) is 4.89 Å². The lowest BCUT2D eigenvalue weighted by atomic mass is 10.1. The third-order valence-corrected chi connectivity index (χ3v) is 3.74. The smallest absolute Gasteiger partial charge is 0.239 e. The summed E-state index contributed by atoms with van der Waals surface area (Å²) >= 11 is 0. The van der Waals surface area contributed by atoms with Gasteiger partial charge in [0.25, 0.3) is 0 Å². The van der Waals surface area contributed by atoms with Crippen LogP contribution in [0.25, 0.3) is 22.3 Å². The molecule has 0 radical (unpaired) electrons. The molecule has 0 atom stereocenters. The van der Waals surface area contributed by atoms with Gasteiger partial charge in [-0.05, 0) is 24.3 Å². The van der Waals surface area contributed by atoms with E-state index in [0.717, 1.165) is 0 Å². The van der Waals surface area contributed by atoms with Gasteiger partial charge in [-0.2, -0.15) is 4.89 Å². The molecule has 2 N–H and O–H groups in total. The van der Waals surface area contributed by atoms with Crippen LogP contribution in [0, 0.1) is 0 Å². The monoisotopic (exact) mass is 360 g/mol. The third-order valence-electron chi connectivity index (χ3n) is 3.74. The van der Waals surface area contributed by atoms with E-state index in [-0.39, 0.29) is 45.5 Å². The van der Waals surface area contributed by atoms with Crippen molar-refractivity contribution in [3.8, 4) is 40.1 Å². The number of methoxy groups -OCH3 is 2. The molecule has 0 unspecified atom stereocenters. The topological polar surface area (TPSA) is 108 Å². The highest BCUT2D eigenvalue weighted by molar-refractivity contribution is 5.91. The Bertz CT molecular complexity index is 1000.